The zero-order chi connectivity index (χ0) is 22.1. The summed E-state index contributed by atoms with van der Waals surface area (Å²) in [5.74, 6) is 0.906. The number of piperidine rings is 1. The smallest absolute Gasteiger partial charge is 0.308 e. The van der Waals surface area contributed by atoms with Gasteiger partial charge in [0.25, 0.3) is 0 Å². The van der Waals surface area contributed by atoms with Crippen molar-refractivity contribution in [1.82, 2.24) is 15.1 Å². The number of carbonyl (C=O) groups excluding carboxylic acids is 1. The summed E-state index contributed by atoms with van der Waals surface area (Å²) in [6.45, 7) is 10.4. The van der Waals surface area contributed by atoms with Crippen LogP contribution >= 0.6 is 24.0 Å². The van der Waals surface area contributed by atoms with E-state index in [1.54, 1.807) is 0 Å². The lowest BCUT2D eigenvalue weighted by molar-refractivity contribution is -0.146. The molecule has 2 saturated heterocycles. The Balaban J connectivity index is 0.00000363. The highest BCUT2D eigenvalue weighted by molar-refractivity contribution is 14.0. The van der Waals surface area contributed by atoms with Gasteiger partial charge in [0.1, 0.15) is 0 Å². The minimum Gasteiger partial charge on any atom is -0.469 e. The molecule has 0 amide bonds. The number of ether oxygens (including phenoxy) is 1. The highest BCUT2D eigenvalue weighted by atomic mass is 127. The Bertz CT molecular complexity index is 729. The standard InChI is InChI=1S/C24H39N5O2.HI/c1-20-7-6-8-22(19-20)28-17-15-27(16-18-28)12-5-4-11-26-24(25-2)29-13-9-21(10-14-29)23(30)31-3;/h6-8,19,21H,4-5,9-18H2,1-3H3,(H,25,26);1H. The zero-order valence-corrected chi connectivity index (χ0v) is 22.2. The van der Waals surface area contributed by atoms with Gasteiger partial charge >= 0.3 is 5.97 Å². The molecule has 8 heteroatoms. The second-order valence-corrected chi connectivity index (χ2v) is 8.63. The van der Waals surface area contributed by atoms with E-state index in [1.165, 1.54) is 24.8 Å². The van der Waals surface area contributed by atoms with Crippen molar-refractivity contribution < 1.29 is 9.53 Å². The van der Waals surface area contributed by atoms with E-state index in [-0.39, 0.29) is 35.9 Å². The number of nitrogens with zero attached hydrogens (tertiary/aromatic N) is 4. The van der Waals surface area contributed by atoms with Crippen LogP contribution in [0.4, 0.5) is 5.69 Å². The molecule has 1 N–H and O–H groups in total. The predicted molar refractivity (Wildman–Crippen MR) is 142 cm³/mol. The van der Waals surface area contributed by atoms with Crippen LogP contribution in [-0.2, 0) is 9.53 Å². The first-order valence-electron chi connectivity index (χ1n) is 11.7. The van der Waals surface area contributed by atoms with Gasteiger partial charge in [-0.05, 0) is 56.8 Å². The maximum absolute atomic E-state index is 11.7. The third-order valence-electron chi connectivity index (χ3n) is 6.46. The number of unbranched alkanes of at least 4 members (excludes halogenated alkanes) is 1. The Kier molecular flexibility index (Phi) is 11.6. The molecule has 1 aromatic rings. The lowest BCUT2D eigenvalue weighted by Gasteiger charge is -2.36. The van der Waals surface area contributed by atoms with Crippen LogP contribution in [0.5, 0.6) is 0 Å². The summed E-state index contributed by atoms with van der Waals surface area (Å²) in [6.07, 6.45) is 4.00. The van der Waals surface area contributed by atoms with Gasteiger partial charge in [0, 0.05) is 58.5 Å². The maximum Gasteiger partial charge on any atom is 0.308 e. The molecule has 0 radical (unpaired) electrons. The van der Waals surface area contributed by atoms with Crippen molar-refractivity contribution in [3.8, 4) is 0 Å². The molecule has 0 aromatic heterocycles. The first-order chi connectivity index (χ1) is 15.1. The molecule has 2 aliphatic heterocycles. The molecule has 0 unspecified atom stereocenters. The molecular formula is C24H40IN5O2. The minimum atomic E-state index is -0.0812. The van der Waals surface area contributed by atoms with E-state index in [1.807, 2.05) is 7.05 Å². The van der Waals surface area contributed by atoms with E-state index >= 15 is 0 Å². The number of likely N-dealkylation sites (tertiary alicyclic amines) is 1. The minimum absolute atomic E-state index is 0. The van der Waals surface area contributed by atoms with Crippen LogP contribution in [0.2, 0.25) is 0 Å². The third kappa shape index (κ3) is 7.79. The molecule has 2 fully saturated rings. The number of nitrogens with one attached hydrogen (secondary N) is 1. The number of esters is 1. The molecule has 0 bridgehead atoms. The van der Waals surface area contributed by atoms with Crippen molar-refractivity contribution in [1.29, 1.82) is 0 Å². The van der Waals surface area contributed by atoms with Gasteiger partial charge in [-0.15, -0.1) is 24.0 Å². The number of methoxy groups -OCH3 is 1. The SMILES string of the molecule is CN=C(NCCCCN1CCN(c2cccc(C)c2)CC1)N1CCC(C(=O)OC)CC1.I. The molecule has 3 rings (SSSR count). The van der Waals surface area contributed by atoms with E-state index in [2.05, 4.69) is 56.2 Å². The van der Waals surface area contributed by atoms with Gasteiger partial charge < -0.3 is 19.9 Å². The van der Waals surface area contributed by atoms with Crippen LogP contribution in [0, 0.1) is 12.8 Å². The fourth-order valence-electron chi connectivity index (χ4n) is 4.54. The quantitative estimate of drug-likeness (QED) is 0.183. The molecule has 2 aliphatic rings. The number of hydrogen-bond acceptors (Lipinski definition) is 5. The zero-order valence-electron chi connectivity index (χ0n) is 19.9. The van der Waals surface area contributed by atoms with E-state index in [0.717, 1.165) is 77.6 Å². The third-order valence-corrected chi connectivity index (χ3v) is 6.46. The first-order valence-corrected chi connectivity index (χ1v) is 11.7. The number of benzene rings is 1. The van der Waals surface area contributed by atoms with Gasteiger partial charge in [0.2, 0.25) is 0 Å². The summed E-state index contributed by atoms with van der Waals surface area (Å²) in [6, 6.07) is 8.82. The molecule has 32 heavy (non-hydrogen) atoms. The summed E-state index contributed by atoms with van der Waals surface area (Å²) in [4.78, 5) is 23.5. The molecule has 0 atom stereocenters. The van der Waals surface area contributed by atoms with Crippen LogP contribution in [0.15, 0.2) is 29.3 Å². The van der Waals surface area contributed by atoms with Gasteiger partial charge in [-0.2, -0.15) is 0 Å². The number of piperazine rings is 1. The van der Waals surface area contributed by atoms with Crippen molar-refractivity contribution in [2.24, 2.45) is 10.9 Å². The predicted octanol–water partition coefficient (Wildman–Crippen LogP) is 2.98. The fraction of sp³-hybridized carbons (Fsp3) is 0.667. The van der Waals surface area contributed by atoms with E-state index < -0.39 is 0 Å². The van der Waals surface area contributed by atoms with Crippen LogP contribution in [-0.4, -0.2) is 88.2 Å². The summed E-state index contributed by atoms with van der Waals surface area (Å²) < 4.78 is 4.88. The van der Waals surface area contributed by atoms with E-state index in [4.69, 9.17) is 4.74 Å². The van der Waals surface area contributed by atoms with Crippen molar-refractivity contribution in [3.63, 3.8) is 0 Å². The number of aliphatic imine (C=N–C) groups is 1. The summed E-state index contributed by atoms with van der Waals surface area (Å²) in [5, 5.41) is 3.50. The van der Waals surface area contributed by atoms with Gasteiger partial charge in [0.15, 0.2) is 5.96 Å². The van der Waals surface area contributed by atoms with Gasteiger partial charge in [-0.25, -0.2) is 0 Å². The highest BCUT2D eigenvalue weighted by Crippen LogP contribution is 2.19. The molecule has 0 saturated carbocycles. The Morgan fingerprint density at radius 2 is 1.84 bits per heavy atom. The van der Waals surface area contributed by atoms with Crippen molar-refractivity contribution >= 4 is 41.6 Å². The molecule has 7 nitrogen and oxygen atoms in total. The number of guanidine groups is 1. The highest BCUT2D eigenvalue weighted by Gasteiger charge is 2.26. The molecule has 0 aliphatic carbocycles. The summed E-state index contributed by atoms with van der Waals surface area (Å²) in [7, 11) is 3.31. The largest absolute Gasteiger partial charge is 0.469 e. The number of carbonyl (C=O) groups is 1. The van der Waals surface area contributed by atoms with Crippen LogP contribution < -0.4 is 10.2 Å². The van der Waals surface area contributed by atoms with Crippen molar-refractivity contribution in [3.05, 3.63) is 29.8 Å². The average Bonchev–Trinajstić information content (AvgIpc) is 2.81. The van der Waals surface area contributed by atoms with Crippen molar-refractivity contribution in [2.75, 3.05) is 71.4 Å². The van der Waals surface area contributed by atoms with E-state index in [9.17, 15) is 4.79 Å². The summed E-state index contributed by atoms with van der Waals surface area (Å²) in [5.41, 5.74) is 2.68. The van der Waals surface area contributed by atoms with Gasteiger partial charge in [-0.3, -0.25) is 14.7 Å². The molecule has 2 heterocycles. The lowest BCUT2D eigenvalue weighted by atomic mass is 9.97. The van der Waals surface area contributed by atoms with Crippen LogP contribution in [0.25, 0.3) is 0 Å². The Labute approximate surface area is 210 Å². The topological polar surface area (TPSA) is 60.4 Å². The molecule has 1 aromatic carbocycles. The second-order valence-electron chi connectivity index (χ2n) is 8.63. The normalized spacial score (nSPS) is 18.3. The molecule has 180 valence electrons. The van der Waals surface area contributed by atoms with Crippen molar-refractivity contribution in [2.45, 2.75) is 32.6 Å². The monoisotopic (exact) mass is 557 g/mol. The number of hydrogen-bond donors (Lipinski definition) is 1. The Morgan fingerprint density at radius 3 is 2.47 bits per heavy atom. The maximum atomic E-state index is 11.7. The second kappa shape index (κ2) is 13.9. The average molecular weight is 558 g/mol. The number of anilines is 1. The Morgan fingerprint density at radius 1 is 1.12 bits per heavy atom. The van der Waals surface area contributed by atoms with Gasteiger partial charge in [-0.1, -0.05) is 12.1 Å². The molecular weight excluding hydrogens is 517 g/mol. The molecule has 0 spiro atoms. The summed E-state index contributed by atoms with van der Waals surface area (Å²) >= 11 is 0. The first kappa shape index (κ1) is 26.7. The van der Waals surface area contributed by atoms with Crippen LogP contribution in [0.1, 0.15) is 31.2 Å². The number of rotatable bonds is 7. The lowest BCUT2D eigenvalue weighted by Crippen LogP contribution is -2.47. The fourth-order valence-corrected chi connectivity index (χ4v) is 4.54. The number of halogens is 1. The Hall–Kier alpha value is -1.55. The van der Waals surface area contributed by atoms with E-state index in [0.29, 0.717) is 0 Å². The van der Waals surface area contributed by atoms with Crippen LogP contribution in [0.3, 0.4) is 0 Å². The van der Waals surface area contributed by atoms with Gasteiger partial charge in [0.05, 0.1) is 13.0 Å². The number of aryl methyl sites for hydroxylation is 1.